The van der Waals surface area contributed by atoms with Crippen LogP contribution in [-0.2, 0) is 9.53 Å². The molecule has 0 spiro atoms. The number of hydrogen-bond acceptors (Lipinski definition) is 3. The molecule has 0 bridgehead atoms. The molecule has 1 amide bonds. The minimum absolute atomic E-state index is 0.0543. The van der Waals surface area contributed by atoms with Crippen LogP contribution >= 0.6 is 0 Å². The van der Waals surface area contributed by atoms with Crippen LogP contribution in [0.5, 0.6) is 0 Å². The Balaban J connectivity index is 1.32. The molecule has 168 valence electrons. The van der Waals surface area contributed by atoms with E-state index in [4.69, 9.17) is 4.74 Å². The molecule has 2 atom stereocenters. The van der Waals surface area contributed by atoms with Crippen LogP contribution in [0.2, 0.25) is 0 Å². The molecule has 2 aliphatic rings. The first-order valence-corrected chi connectivity index (χ1v) is 10.7. The Bertz CT molecular complexity index is 1200. The summed E-state index contributed by atoms with van der Waals surface area (Å²) in [7, 11) is 0. The average Bonchev–Trinajstić information content (AvgIpc) is 3.40. The van der Waals surface area contributed by atoms with Crippen molar-refractivity contribution in [2.24, 2.45) is 5.92 Å². The standard InChI is InChI=1S/C26H21F2NO4/c27-23-10-9-15(11-24(23)28)20-12-29(13-21(20)25(30)31)26(32)33-14-22-18-7-3-1-5-16(18)17-6-2-4-8-19(17)22/h1-11,20-22H,12-14H2,(H,30,31)/t20-,21+/m0/s1. The number of likely N-dealkylation sites (tertiary alicyclic amines) is 1. The highest BCUT2D eigenvalue weighted by atomic mass is 19.2. The first-order valence-electron chi connectivity index (χ1n) is 10.7. The minimum atomic E-state index is -1.10. The maximum atomic E-state index is 13.7. The molecule has 0 aromatic heterocycles. The number of fused-ring (bicyclic) bond motifs is 3. The molecule has 33 heavy (non-hydrogen) atoms. The van der Waals surface area contributed by atoms with Crippen LogP contribution in [0.4, 0.5) is 13.6 Å². The summed E-state index contributed by atoms with van der Waals surface area (Å²) in [6, 6.07) is 19.3. The van der Waals surface area contributed by atoms with Crippen molar-refractivity contribution in [1.29, 1.82) is 0 Å². The zero-order valence-corrected chi connectivity index (χ0v) is 17.6. The molecule has 7 heteroatoms. The number of halogens is 2. The summed E-state index contributed by atoms with van der Waals surface area (Å²) in [5.41, 5.74) is 4.72. The van der Waals surface area contributed by atoms with E-state index in [2.05, 4.69) is 0 Å². The van der Waals surface area contributed by atoms with Gasteiger partial charge in [0.05, 0.1) is 5.92 Å². The molecule has 1 saturated heterocycles. The number of ether oxygens (including phenoxy) is 1. The van der Waals surface area contributed by atoms with Crippen LogP contribution in [-0.4, -0.2) is 41.8 Å². The molecule has 3 aromatic carbocycles. The van der Waals surface area contributed by atoms with E-state index in [0.717, 1.165) is 34.4 Å². The van der Waals surface area contributed by atoms with Gasteiger partial charge >= 0.3 is 12.1 Å². The van der Waals surface area contributed by atoms with Crippen molar-refractivity contribution in [1.82, 2.24) is 4.90 Å². The van der Waals surface area contributed by atoms with Gasteiger partial charge in [-0.1, -0.05) is 54.6 Å². The Labute approximate surface area is 189 Å². The van der Waals surface area contributed by atoms with E-state index in [1.807, 2.05) is 48.5 Å². The van der Waals surface area contributed by atoms with Gasteiger partial charge in [0.2, 0.25) is 0 Å². The fraction of sp³-hybridized carbons (Fsp3) is 0.231. The number of carbonyl (C=O) groups is 2. The molecule has 5 rings (SSSR count). The van der Waals surface area contributed by atoms with Gasteiger partial charge in [-0.25, -0.2) is 13.6 Å². The predicted molar refractivity (Wildman–Crippen MR) is 117 cm³/mol. The molecule has 0 saturated carbocycles. The van der Waals surface area contributed by atoms with Crippen LogP contribution in [0.3, 0.4) is 0 Å². The lowest BCUT2D eigenvalue weighted by Crippen LogP contribution is -2.31. The number of aliphatic carboxylic acids is 1. The zero-order chi connectivity index (χ0) is 23.1. The van der Waals surface area contributed by atoms with Crippen molar-refractivity contribution in [2.45, 2.75) is 11.8 Å². The van der Waals surface area contributed by atoms with E-state index in [1.165, 1.54) is 11.0 Å². The number of nitrogens with zero attached hydrogens (tertiary/aromatic N) is 1. The molecule has 1 aliphatic heterocycles. The Kier molecular flexibility index (Phi) is 5.32. The summed E-state index contributed by atoms with van der Waals surface area (Å²) in [4.78, 5) is 26.0. The van der Waals surface area contributed by atoms with Gasteiger partial charge in [-0.3, -0.25) is 4.79 Å². The third kappa shape index (κ3) is 3.73. The molecular weight excluding hydrogens is 428 g/mol. The average molecular weight is 449 g/mol. The zero-order valence-electron chi connectivity index (χ0n) is 17.6. The van der Waals surface area contributed by atoms with E-state index in [9.17, 15) is 23.5 Å². The van der Waals surface area contributed by atoms with Crippen molar-refractivity contribution in [3.8, 4) is 11.1 Å². The second kappa shape index (κ2) is 8.31. The summed E-state index contributed by atoms with van der Waals surface area (Å²) in [6.07, 6.45) is -0.617. The fourth-order valence-electron chi connectivity index (χ4n) is 4.97. The van der Waals surface area contributed by atoms with E-state index < -0.39 is 35.5 Å². The molecule has 1 heterocycles. The van der Waals surface area contributed by atoms with Crippen LogP contribution in [0.25, 0.3) is 11.1 Å². The number of carbonyl (C=O) groups excluding carboxylic acids is 1. The van der Waals surface area contributed by atoms with Gasteiger partial charge in [0.1, 0.15) is 6.61 Å². The number of hydrogen-bond donors (Lipinski definition) is 1. The number of amides is 1. The second-order valence-electron chi connectivity index (χ2n) is 8.43. The Morgan fingerprint density at radius 3 is 2.15 bits per heavy atom. The van der Waals surface area contributed by atoms with Crippen molar-refractivity contribution in [3.05, 3.63) is 95.1 Å². The third-order valence-electron chi connectivity index (χ3n) is 6.60. The van der Waals surface area contributed by atoms with Crippen molar-refractivity contribution in [3.63, 3.8) is 0 Å². The maximum Gasteiger partial charge on any atom is 0.409 e. The molecule has 5 nitrogen and oxygen atoms in total. The highest BCUT2D eigenvalue weighted by Crippen LogP contribution is 2.44. The Hall–Kier alpha value is -3.74. The van der Waals surface area contributed by atoms with Gasteiger partial charge in [0.15, 0.2) is 11.6 Å². The summed E-state index contributed by atoms with van der Waals surface area (Å²) in [5, 5.41) is 9.64. The van der Waals surface area contributed by atoms with E-state index >= 15 is 0 Å². The van der Waals surface area contributed by atoms with E-state index in [1.54, 1.807) is 0 Å². The topological polar surface area (TPSA) is 66.8 Å². The summed E-state index contributed by atoms with van der Waals surface area (Å²) in [5.74, 6) is -4.85. The minimum Gasteiger partial charge on any atom is -0.481 e. The molecule has 3 aromatic rings. The fourth-order valence-corrected chi connectivity index (χ4v) is 4.97. The predicted octanol–water partition coefficient (Wildman–Crippen LogP) is 5.01. The lowest BCUT2D eigenvalue weighted by Gasteiger charge is -2.19. The quantitative estimate of drug-likeness (QED) is 0.608. The normalized spacial score (nSPS) is 19.3. The van der Waals surface area contributed by atoms with Crippen LogP contribution in [0.15, 0.2) is 66.7 Å². The second-order valence-corrected chi connectivity index (χ2v) is 8.43. The van der Waals surface area contributed by atoms with Crippen molar-refractivity contribution >= 4 is 12.1 Å². The molecule has 0 radical (unpaired) electrons. The molecule has 1 N–H and O–H groups in total. The van der Waals surface area contributed by atoms with Gasteiger partial charge in [-0.2, -0.15) is 0 Å². The van der Waals surface area contributed by atoms with Gasteiger partial charge in [0.25, 0.3) is 0 Å². The number of benzene rings is 3. The SMILES string of the molecule is O=C(O)[C@@H]1CN(C(=O)OCC2c3ccccc3-c3ccccc32)C[C@H]1c1ccc(F)c(F)c1. The first-order chi connectivity index (χ1) is 15.9. The summed E-state index contributed by atoms with van der Waals surface area (Å²) in [6.45, 7) is 0.116. The van der Waals surface area contributed by atoms with Crippen LogP contribution in [0, 0.1) is 17.6 Å². The van der Waals surface area contributed by atoms with Gasteiger partial charge < -0.3 is 14.7 Å². The Morgan fingerprint density at radius 2 is 1.55 bits per heavy atom. The summed E-state index contributed by atoms with van der Waals surface area (Å²) >= 11 is 0. The Morgan fingerprint density at radius 1 is 0.909 bits per heavy atom. The maximum absolute atomic E-state index is 13.7. The molecular formula is C26H21F2NO4. The molecule has 0 unspecified atom stereocenters. The van der Waals surface area contributed by atoms with Gasteiger partial charge in [-0.15, -0.1) is 0 Å². The smallest absolute Gasteiger partial charge is 0.409 e. The monoisotopic (exact) mass is 449 g/mol. The van der Waals surface area contributed by atoms with Gasteiger partial charge in [-0.05, 0) is 39.9 Å². The van der Waals surface area contributed by atoms with Crippen LogP contribution < -0.4 is 0 Å². The first kappa shape index (κ1) is 21.1. The lowest BCUT2D eigenvalue weighted by atomic mass is 9.89. The third-order valence-corrected chi connectivity index (χ3v) is 6.60. The number of carboxylic acids is 1. The van der Waals surface area contributed by atoms with Crippen molar-refractivity contribution < 1.29 is 28.2 Å². The van der Waals surface area contributed by atoms with E-state index in [0.29, 0.717) is 5.56 Å². The number of carboxylic acid groups (broad SMARTS) is 1. The molecule has 1 aliphatic carbocycles. The van der Waals surface area contributed by atoms with E-state index in [-0.39, 0.29) is 25.6 Å². The summed E-state index contributed by atoms with van der Waals surface area (Å²) < 4.78 is 32.7. The highest BCUT2D eigenvalue weighted by molar-refractivity contribution is 5.79. The van der Waals surface area contributed by atoms with Crippen molar-refractivity contribution in [2.75, 3.05) is 19.7 Å². The largest absolute Gasteiger partial charge is 0.481 e. The van der Waals surface area contributed by atoms with Gasteiger partial charge in [0, 0.05) is 24.9 Å². The highest BCUT2D eigenvalue weighted by Gasteiger charge is 2.41. The van der Waals surface area contributed by atoms with Crippen LogP contribution in [0.1, 0.15) is 28.5 Å². The number of rotatable bonds is 4. The molecule has 1 fully saturated rings. The lowest BCUT2D eigenvalue weighted by molar-refractivity contribution is -0.141.